The first-order chi connectivity index (χ1) is 10.1. The van der Waals surface area contributed by atoms with Gasteiger partial charge in [0.2, 0.25) is 5.91 Å². The van der Waals surface area contributed by atoms with Gasteiger partial charge in [-0.25, -0.2) is 0 Å². The maximum atomic E-state index is 12.4. The maximum absolute atomic E-state index is 12.4. The third-order valence-electron chi connectivity index (χ3n) is 3.96. The van der Waals surface area contributed by atoms with Crippen LogP contribution in [0.1, 0.15) is 37.8 Å². The number of hydrogen-bond donors (Lipinski definition) is 0. The summed E-state index contributed by atoms with van der Waals surface area (Å²) in [6, 6.07) is 6.60. The first-order valence-electron chi connectivity index (χ1n) is 7.88. The molecule has 1 aromatic rings. The quantitative estimate of drug-likeness (QED) is 0.777. The highest BCUT2D eigenvalue weighted by Crippen LogP contribution is 2.28. The molecule has 0 radical (unpaired) electrons. The molecule has 1 aromatic carbocycles. The first-order valence-corrected chi connectivity index (χ1v) is 7.88. The van der Waals surface area contributed by atoms with Gasteiger partial charge in [0, 0.05) is 25.1 Å². The Kier molecular flexibility index (Phi) is 4.00. The van der Waals surface area contributed by atoms with Crippen molar-refractivity contribution in [1.82, 2.24) is 4.90 Å². The lowest BCUT2D eigenvalue weighted by Gasteiger charge is -2.22. The summed E-state index contributed by atoms with van der Waals surface area (Å²) in [5.41, 5.74) is 2.32. The third-order valence-corrected chi connectivity index (χ3v) is 3.96. The summed E-state index contributed by atoms with van der Waals surface area (Å²) in [5.74, 6) is 1.64. The summed E-state index contributed by atoms with van der Waals surface area (Å²) in [6.07, 6.45) is 6.92. The molecule has 3 nitrogen and oxygen atoms in total. The lowest BCUT2D eigenvalue weighted by atomic mass is 10.1. The van der Waals surface area contributed by atoms with Crippen molar-refractivity contribution in [2.24, 2.45) is 5.92 Å². The van der Waals surface area contributed by atoms with E-state index >= 15 is 0 Å². The fraction of sp³-hybridized carbons (Fsp3) is 0.500. The molecule has 0 spiro atoms. The Hall–Kier alpha value is -1.77. The second-order valence-electron chi connectivity index (χ2n) is 6.41. The molecule has 3 heteroatoms. The van der Waals surface area contributed by atoms with Gasteiger partial charge in [-0.1, -0.05) is 19.9 Å². The molecule has 2 aliphatic rings. The Morgan fingerprint density at radius 1 is 1.43 bits per heavy atom. The zero-order valence-electron chi connectivity index (χ0n) is 12.8. The molecule has 0 unspecified atom stereocenters. The van der Waals surface area contributed by atoms with E-state index in [4.69, 9.17) is 4.74 Å². The lowest BCUT2D eigenvalue weighted by Crippen LogP contribution is -2.34. The van der Waals surface area contributed by atoms with E-state index in [1.54, 1.807) is 6.08 Å². The lowest BCUT2D eigenvalue weighted by molar-refractivity contribution is -0.127. The van der Waals surface area contributed by atoms with Gasteiger partial charge >= 0.3 is 0 Å². The average molecular weight is 285 g/mol. The zero-order chi connectivity index (χ0) is 14.8. The van der Waals surface area contributed by atoms with Crippen LogP contribution in [0, 0.1) is 5.92 Å². The molecule has 1 aliphatic carbocycles. The van der Waals surface area contributed by atoms with Crippen molar-refractivity contribution in [2.45, 2.75) is 39.2 Å². The average Bonchev–Trinajstić information content (AvgIpc) is 3.19. The Bertz CT molecular complexity index is 558. The zero-order valence-corrected chi connectivity index (χ0v) is 12.8. The van der Waals surface area contributed by atoms with Crippen LogP contribution in [0.3, 0.4) is 0 Å². The number of nitrogens with zero attached hydrogens (tertiary/aromatic N) is 1. The monoisotopic (exact) mass is 285 g/mol. The van der Waals surface area contributed by atoms with Gasteiger partial charge in [-0.3, -0.25) is 4.79 Å². The smallest absolute Gasteiger partial charge is 0.246 e. The van der Waals surface area contributed by atoms with Crippen molar-refractivity contribution in [1.29, 1.82) is 0 Å². The number of amides is 1. The number of ether oxygens (including phenoxy) is 1. The Labute approximate surface area is 126 Å². The minimum atomic E-state index is 0.142. The van der Waals surface area contributed by atoms with Gasteiger partial charge in [0.05, 0.1) is 6.61 Å². The fourth-order valence-electron chi connectivity index (χ4n) is 2.77. The van der Waals surface area contributed by atoms with Gasteiger partial charge in [-0.15, -0.1) is 0 Å². The third kappa shape index (κ3) is 3.46. The van der Waals surface area contributed by atoms with Gasteiger partial charge in [-0.2, -0.15) is 0 Å². The fourth-order valence-corrected chi connectivity index (χ4v) is 2.77. The number of benzene rings is 1. The van der Waals surface area contributed by atoms with Gasteiger partial charge < -0.3 is 9.64 Å². The van der Waals surface area contributed by atoms with Gasteiger partial charge in [0.1, 0.15) is 5.75 Å². The molecule has 0 aromatic heterocycles. The minimum Gasteiger partial charge on any atom is -0.493 e. The summed E-state index contributed by atoms with van der Waals surface area (Å²) in [6.45, 7) is 5.94. The van der Waals surface area contributed by atoms with Crippen LogP contribution in [0.15, 0.2) is 24.3 Å². The summed E-state index contributed by atoms with van der Waals surface area (Å²) >= 11 is 0. The van der Waals surface area contributed by atoms with E-state index in [1.807, 2.05) is 23.1 Å². The van der Waals surface area contributed by atoms with Crippen LogP contribution in [0.25, 0.3) is 6.08 Å². The molecule has 1 fully saturated rings. The molecule has 1 aliphatic heterocycles. The summed E-state index contributed by atoms with van der Waals surface area (Å²) in [5, 5.41) is 0. The van der Waals surface area contributed by atoms with Crippen LogP contribution in [0.5, 0.6) is 5.75 Å². The first kappa shape index (κ1) is 14.2. The van der Waals surface area contributed by atoms with E-state index in [0.717, 1.165) is 43.7 Å². The number of carbonyl (C=O) groups excluding carboxylic acids is 1. The van der Waals surface area contributed by atoms with Gasteiger partial charge in [0.15, 0.2) is 0 Å². The molecule has 3 rings (SSSR count). The van der Waals surface area contributed by atoms with Crippen LogP contribution in [0.4, 0.5) is 0 Å². The van der Waals surface area contributed by atoms with Crippen LogP contribution in [0.2, 0.25) is 0 Å². The predicted octanol–water partition coefficient (Wildman–Crippen LogP) is 3.28. The molecule has 0 atom stereocenters. The SMILES string of the molecule is CC(C)CN(C(=O)/C=C/c1ccc2c(c1)CCO2)C1CC1. The molecular weight excluding hydrogens is 262 g/mol. The van der Waals surface area contributed by atoms with Crippen molar-refractivity contribution >= 4 is 12.0 Å². The van der Waals surface area contributed by atoms with Gasteiger partial charge in [-0.05, 0) is 48.1 Å². The molecule has 0 saturated heterocycles. The number of carbonyl (C=O) groups is 1. The van der Waals surface area contributed by atoms with Crippen LogP contribution < -0.4 is 4.74 Å². The van der Waals surface area contributed by atoms with E-state index in [1.165, 1.54) is 5.56 Å². The van der Waals surface area contributed by atoms with E-state index in [-0.39, 0.29) is 5.91 Å². The normalized spacial score (nSPS) is 17.1. The molecule has 1 saturated carbocycles. The Morgan fingerprint density at radius 3 is 2.95 bits per heavy atom. The Morgan fingerprint density at radius 2 is 2.24 bits per heavy atom. The molecule has 1 heterocycles. The summed E-state index contributed by atoms with van der Waals surface area (Å²) in [7, 11) is 0. The summed E-state index contributed by atoms with van der Waals surface area (Å²) < 4.78 is 5.50. The number of fused-ring (bicyclic) bond motifs is 1. The predicted molar refractivity (Wildman–Crippen MR) is 84.2 cm³/mol. The summed E-state index contributed by atoms with van der Waals surface area (Å²) in [4.78, 5) is 14.4. The highest BCUT2D eigenvalue weighted by atomic mass is 16.5. The van der Waals surface area contributed by atoms with Crippen molar-refractivity contribution in [3.63, 3.8) is 0 Å². The van der Waals surface area contributed by atoms with Crippen molar-refractivity contribution in [3.8, 4) is 5.75 Å². The second kappa shape index (κ2) is 5.92. The van der Waals surface area contributed by atoms with Crippen molar-refractivity contribution < 1.29 is 9.53 Å². The highest BCUT2D eigenvalue weighted by molar-refractivity contribution is 5.92. The number of rotatable bonds is 5. The molecule has 112 valence electrons. The highest BCUT2D eigenvalue weighted by Gasteiger charge is 2.31. The van der Waals surface area contributed by atoms with Crippen molar-refractivity contribution in [2.75, 3.05) is 13.2 Å². The topological polar surface area (TPSA) is 29.5 Å². The second-order valence-corrected chi connectivity index (χ2v) is 6.41. The van der Waals surface area contributed by atoms with Crippen LogP contribution >= 0.6 is 0 Å². The molecule has 0 bridgehead atoms. The molecular formula is C18H23NO2. The van der Waals surface area contributed by atoms with Crippen molar-refractivity contribution in [3.05, 3.63) is 35.4 Å². The molecule has 21 heavy (non-hydrogen) atoms. The standard InChI is InChI=1S/C18H23NO2/c1-13(2)12-19(16-5-6-16)18(20)8-4-14-3-7-17-15(11-14)9-10-21-17/h3-4,7-8,11,13,16H,5-6,9-10,12H2,1-2H3/b8-4+. The minimum absolute atomic E-state index is 0.142. The molecule has 0 N–H and O–H groups in total. The molecule has 1 amide bonds. The van der Waals surface area contributed by atoms with Crippen LogP contribution in [-0.4, -0.2) is 30.0 Å². The van der Waals surface area contributed by atoms with E-state index < -0.39 is 0 Å². The van der Waals surface area contributed by atoms with E-state index in [2.05, 4.69) is 19.9 Å². The maximum Gasteiger partial charge on any atom is 0.246 e. The van der Waals surface area contributed by atoms with Crippen LogP contribution in [-0.2, 0) is 11.2 Å². The Balaban J connectivity index is 1.68. The van der Waals surface area contributed by atoms with Gasteiger partial charge in [0.25, 0.3) is 0 Å². The van der Waals surface area contributed by atoms with E-state index in [9.17, 15) is 4.79 Å². The van der Waals surface area contributed by atoms with E-state index in [0.29, 0.717) is 12.0 Å². The largest absolute Gasteiger partial charge is 0.493 e. The number of hydrogen-bond acceptors (Lipinski definition) is 2.